The Morgan fingerprint density at radius 3 is 2.68 bits per heavy atom. The van der Waals surface area contributed by atoms with Crippen molar-refractivity contribution in [2.45, 2.75) is 31.0 Å². The highest BCUT2D eigenvalue weighted by Gasteiger charge is 2.49. The van der Waals surface area contributed by atoms with Crippen LogP contribution >= 0.6 is 0 Å². The van der Waals surface area contributed by atoms with Gasteiger partial charge in [0.25, 0.3) is 5.92 Å². The minimum absolute atomic E-state index is 0.0310. The third-order valence-electron chi connectivity index (χ3n) is 3.75. The third-order valence-corrected chi connectivity index (χ3v) is 3.75. The number of fused-ring (bicyclic) bond motifs is 1. The summed E-state index contributed by atoms with van der Waals surface area (Å²) >= 11 is 0. The number of ether oxygens (including phenoxy) is 1. The number of hydrogen-bond donors (Lipinski definition) is 2. The van der Waals surface area contributed by atoms with Crippen LogP contribution in [0.5, 0.6) is 5.75 Å². The molecule has 1 unspecified atom stereocenters. The van der Waals surface area contributed by atoms with Crippen molar-refractivity contribution in [2.75, 3.05) is 5.73 Å². The van der Waals surface area contributed by atoms with Gasteiger partial charge in [0.15, 0.2) is 0 Å². The molecule has 0 spiro atoms. The Hall–Kier alpha value is -2.02. The van der Waals surface area contributed by atoms with Gasteiger partial charge in [-0.3, -0.25) is 0 Å². The molecule has 2 aliphatic carbocycles. The topological polar surface area (TPSA) is 55.5 Å². The van der Waals surface area contributed by atoms with Crippen molar-refractivity contribution in [2.24, 2.45) is 0 Å². The quantitative estimate of drug-likeness (QED) is 0.650. The Morgan fingerprint density at radius 2 is 2.00 bits per heavy atom. The molecular weight excluding hydrogens is 302 g/mol. The van der Waals surface area contributed by atoms with Crippen LogP contribution in [0.15, 0.2) is 35.9 Å². The first-order valence-corrected chi connectivity index (χ1v) is 6.65. The van der Waals surface area contributed by atoms with Crippen molar-refractivity contribution in [1.29, 1.82) is 0 Å². The summed E-state index contributed by atoms with van der Waals surface area (Å²) in [5.74, 6) is -4.79. The first-order chi connectivity index (χ1) is 10.3. The summed E-state index contributed by atoms with van der Waals surface area (Å²) in [6.45, 7) is 0. The zero-order valence-electron chi connectivity index (χ0n) is 11.3. The van der Waals surface area contributed by atoms with Crippen LogP contribution in [0.4, 0.5) is 23.2 Å². The van der Waals surface area contributed by atoms with E-state index >= 15 is 0 Å². The second-order valence-corrected chi connectivity index (χ2v) is 5.39. The number of alkyl halides is 2. The lowest BCUT2D eigenvalue weighted by Gasteiger charge is -2.20. The molecule has 0 heterocycles. The number of allylic oxidation sites excluding steroid dienone is 2. The number of rotatable bonds is 2. The molecule has 3 nitrogen and oxygen atoms in total. The van der Waals surface area contributed by atoms with Crippen LogP contribution in [-0.2, 0) is 6.42 Å². The molecule has 2 atom stereocenters. The van der Waals surface area contributed by atoms with E-state index in [4.69, 9.17) is 10.5 Å². The Kier molecular flexibility index (Phi) is 3.40. The van der Waals surface area contributed by atoms with Gasteiger partial charge in [0.1, 0.15) is 29.6 Å². The summed E-state index contributed by atoms with van der Waals surface area (Å²) in [4.78, 5) is 0. The molecule has 22 heavy (non-hydrogen) atoms. The molecule has 0 radical (unpaired) electrons. The minimum Gasteiger partial charge on any atom is -0.486 e. The summed E-state index contributed by atoms with van der Waals surface area (Å²) in [6.07, 6.45) is -2.07. The van der Waals surface area contributed by atoms with E-state index in [1.807, 2.05) is 0 Å². The van der Waals surface area contributed by atoms with Crippen LogP contribution in [0, 0.1) is 0 Å². The number of hydrogen-bond acceptors (Lipinski definition) is 3. The summed E-state index contributed by atoms with van der Waals surface area (Å²) in [5, 5.41) is 9.68. The van der Waals surface area contributed by atoms with E-state index in [-0.39, 0.29) is 29.0 Å². The standard InChI is InChI=1S/C15H13F4NO2/c16-7-3-8(17)5-9(4-7)22-12-2-1-11(20)13-10(12)6-15(18,19)14(13)21/h1-4,9,14,21H,5-6,20H2/t9?,14-/m0/s1. The average molecular weight is 315 g/mol. The van der Waals surface area contributed by atoms with Crippen molar-refractivity contribution in [3.63, 3.8) is 0 Å². The van der Waals surface area contributed by atoms with Gasteiger partial charge >= 0.3 is 0 Å². The molecule has 0 fully saturated rings. The maximum absolute atomic E-state index is 13.7. The number of halogens is 4. The highest BCUT2D eigenvalue weighted by Crippen LogP contribution is 2.49. The van der Waals surface area contributed by atoms with Crippen LogP contribution in [0.1, 0.15) is 23.7 Å². The van der Waals surface area contributed by atoms with E-state index in [1.165, 1.54) is 12.1 Å². The Bertz CT molecular complexity index is 684. The van der Waals surface area contributed by atoms with Crippen molar-refractivity contribution in [3.05, 3.63) is 47.1 Å². The second-order valence-electron chi connectivity index (χ2n) is 5.39. The fraction of sp³-hybridized carbons (Fsp3) is 0.333. The van der Waals surface area contributed by atoms with Gasteiger partial charge in [-0.1, -0.05) is 0 Å². The van der Waals surface area contributed by atoms with Crippen LogP contribution in [0.3, 0.4) is 0 Å². The van der Waals surface area contributed by atoms with Gasteiger partial charge in [-0.2, -0.15) is 0 Å². The second kappa shape index (κ2) is 5.01. The van der Waals surface area contributed by atoms with Crippen LogP contribution in [0.25, 0.3) is 0 Å². The monoisotopic (exact) mass is 315 g/mol. The lowest BCUT2D eigenvalue weighted by atomic mass is 10.1. The van der Waals surface area contributed by atoms with Crippen molar-refractivity contribution in [3.8, 4) is 5.75 Å². The molecule has 0 saturated heterocycles. The number of aliphatic hydroxyl groups is 1. The van der Waals surface area contributed by atoms with Crippen LogP contribution < -0.4 is 10.5 Å². The van der Waals surface area contributed by atoms with E-state index in [2.05, 4.69) is 0 Å². The van der Waals surface area contributed by atoms with Gasteiger partial charge in [0.05, 0.1) is 0 Å². The van der Waals surface area contributed by atoms with Gasteiger partial charge < -0.3 is 15.6 Å². The summed E-state index contributed by atoms with van der Waals surface area (Å²) in [7, 11) is 0. The zero-order valence-corrected chi connectivity index (χ0v) is 11.3. The van der Waals surface area contributed by atoms with E-state index in [1.54, 1.807) is 0 Å². The molecule has 0 aliphatic heterocycles. The van der Waals surface area contributed by atoms with Crippen molar-refractivity contribution >= 4 is 5.69 Å². The number of nitrogen functional groups attached to an aromatic ring is 1. The highest BCUT2D eigenvalue weighted by molar-refractivity contribution is 5.61. The summed E-state index contributed by atoms with van der Waals surface area (Å²) in [6, 6.07) is 2.69. The Labute approximate surface area is 123 Å². The zero-order chi connectivity index (χ0) is 16.1. The molecule has 0 saturated carbocycles. The molecule has 3 rings (SSSR count). The lowest BCUT2D eigenvalue weighted by Crippen LogP contribution is -2.22. The molecular formula is C15H13F4NO2. The summed E-state index contributed by atoms with van der Waals surface area (Å²) in [5.41, 5.74) is 5.66. The SMILES string of the molecule is Nc1ccc(OC2C=C(F)C=C(F)C2)c2c1[C@H](O)C(F)(F)C2. The molecule has 2 aliphatic rings. The lowest BCUT2D eigenvalue weighted by molar-refractivity contribution is -0.0966. The van der Waals surface area contributed by atoms with Gasteiger partial charge in [0.2, 0.25) is 0 Å². The van der Waals surface area contributed by atoms with Crippen LogP contribution in [0.2, 0.25) is 0 Å². The maximum atomic E-state index is 13.7. The minimum atomic E-state index is -3.35. The fourth-order valence-electron chi connectivity index (χ4n) is 2.75. The molecule has 1 aromatic carbocycles. The average Bonchev–Trinajstić information content (AvgIpc) is 2.64. The molecule has 0 amide bonds. The first-order valence-electron chi connectivity index (χ1n) is 6.65. The third kappa shape index (κ3) is 2.45. The number of aliphatic hydroxyl groups excluding tert-OH is 1. The highest BCUT2D eigenvalue weighted by atomic mass is 19.3. The van der Waals surface area contributed by atoms with Crippen molar-refractivity contribution < 1.29 is 27.4 Å². The molecule has 0 bridgehead atoms. The maximum Gasteiger partial charge on any atom is 0.281 e. The molecule has 3 N–H and O–H groups in total. The molecule has 0 aromatic heterocycles. The van der Waals surface area contributed by atoms with Crippen LogP contribution in [-0.4, -0.2) is 17.1 Å². The normalized spacial score (nSPS) is 26.2. The molecule has 118 valence electrons. The smallest absolute Gasteiger partial charge is 0.281 e. The van der Waals surface area contributed by atoms with E-state index in [9.17, 15) is 22.7 Å². The van der Waals surface area contributed by atoms with Gasteiger partial charge in [-0.05, 0) is 18.2 Å². The Balaban J connectivity index is 1.93. The number of benzene rings is 1. The molecule has 7 heteroatoms. The predicted molar refractivity (Wildman–Crippen MR) is 71.9 cm³/mol. The van der Waals surface area contributed by atoms with Gasteiger partial charge in [-0.15, -0.1) is 0 Å². The number of nitrogens with two attached hydrogens (primary N) is 1. The van der Waals surface area contributed by atoms with E-state index in [0.29, 0.717) is 0 Å². The van der Waals surface area contributed by atoms with E-state index in [0.717, 1.165) is 12.2 Å². The summed E-state index contributed by atoms with van der Waals surface area (Å²) < 4.78 is 59.2. The predicted octanol–water partition coefficient (Wildman–Crippen LogP) is 3.35. The largest absolute Gasteiger partial charge is 0.486 e. The molecule has 1 aromatic rings. The van der Waals surface area contributed by atoms with Gasteiger partial charge in [0, 0.05) is 35.7 Å². The van der Waals surface area contributed by atoms with Crippen molar-refractivity contribution in [1.82, 2.24) is 0 Å². The van der Waals surface area contributed by atoms with E-state index < -0.39 is 36.2 Å². The van der Waals surface area contributed by atoms with Gasteiger partial charge in [-0.25, -0.2) is 17.6 Å². The first kappa shape index (κ1) is 14.9. The number of anilines is 1. The fourth-order valence-corrected chi connectivity index (χ4v) is 2.75. The Morgan fingerprint density at radius 1 is 1.27 bits per heavy atom.